The Balaban J connectivity index is 1.76. The van der Waals surface area contributed by atoms with Crippen LogP contribution in [0.2, 0.25) is 0 Å². The van der Waals surface area contributed by atoms with Crippen molar-refractivity contribution >= 4 is 22.6 Å². The van der Waals surface area contributed by atoms with Gasteiger partial charge in [0.25, 0.3) is 0 Å². The van der Waals surface area contributed by atoms with Crippen LogP contribution in [0.1, 0.15) is 48.4 Å². The molecule has 0 aliphatic carbocycles. The van der Waals surface area contributed by atoms with Crippen LogP contribution in [0.5, 0.6) is 0 Å². The number of benzene rings is 1. The maximum atomic E-state index is 5.59. The van der Waals surface area contributed by atoms with E-state index >= 15 is 0 Å². The lowest BCUT2D eigenvalue weighted by atomic mass is 9.76. The second-order valence-corrected chi connectivity index (χ2v) is 7.81. The van der Waals surface area contributed by atoms with Crippen molar-refractivity contribution in [3.8, 4) is 0 Å². The summed E-state index contributed by atoms with van der Waals surface area (Å²) in [6.45, 7) is 1.90. The molecule has 22 heavy (non-hydrogen) atoms. The van der Waals surface area contributed by atoms with E-state index in [1.807, 2.05) is 6.92 Å². The molecule has 4 nitrogen and oxygen atoms in total. The van der Waals surface area contributed by atoms with Crippen LogP contribution >= 0.6 is 22.6 Å². The number of aryl methyl sites for hydroxylation is 1. The van der Waals surface area contributed by atoms with Crippen molar-refractivity contribution in [3.05, 3.63) is 45.1 Å². The quantitative estimate of drug-likeness (QED) is 0.710. The molecule has 3 heterocycles. The number of fused-ring (bicyclic) bond motifs is 2. The summed E-state index contributed by atoms with van der Waals surface area (Å²) in [5.74, 6) is 2.34. The molecule has 2 saturated heterocycles. The number of aromatic nitrogens is 2. The van der Waals surface area contributed by atoms with Crippen LogP contribution in [-0.2, 0) is 0 Å². The number of likely N-dealkylation sites (N-methyl/N-ethyl adjacent to an activating group) is 1. The lowest BCUT2D eigenvalue weighted by Crippen LogP contribution is -2.44. The Kier molecular flexibility index (Phi) is 3.72. The first-order chi connectivity index (χ1) is 10.6. The molecule has 4 rings (SSSR count). The number of hydrogen-bond donors (Lipinski definition) is 0. The van der Waals surface area contributed by atoms with Gasteiger partial charge in [-0.05, 0) is 79.4 Å². The number of hydrogen-bond acceptors (Lipinski definition) is 4. The van der Waals surface area contributed by atoms with Crippen molar-refractivity contribution in [2.24, 2.45) is 0 Å². The van der Waals surface area contributed by atoms with Crippen molar-refractivity contribution in [3.63, 3.8) is 0 Å². The Bertz CT molecular complexity index is 669. The summed E-state index contributed by atoms with van der Waals surface area (Å²) in [5, 5.41) is 4.04. The summed E-state index contributed by atoms with van der Waals surface area (Å²) in [5.41, 5.74) is 1.41. The molecule has 2 aliphatic rings. The van der Waals surface area contributed by atoms with Crippen molar-refractivity contribution < 1.29 is 4.52 Å². The summed E-state index contributed by atoms with van der Waals surface area (Å²) >= 11 is 2.36. The molecule has 5 heteroatoms. The molecule has 1 aromatic heterocycles. The highest BCUT2D eigenvalue weighted by atomic mass is 127. The van der Waals surface area contributed by atoms with E-state index in [4.69, 9.17) is 4.52 Å². The highest BCUT2D eigenvalue weighted by Gasteiger charge is 2.48. The largest absolute Gasteiger partial charge is 0.339 e. The highest BCUT2D eigenvalue weighted by molar-refractivity contribution is 14.1. The maximum absolute atomic E-state index is 5.59. The normalized spacial score (nSPS) is 31.6. The Labute approximate surface area is 144 Å². The molecular weight excluding hydrogens is 389 g/mol. The SMILES string of the molecule is Cc1noc([C@H]2[C@H]3CC[C@@H](C[C@H]2c2ccc(I)cc2)N3C)n1. The van der Waals surface area contributed by atoms with Crippen molar-refractivity contribution in [1.82, 2.24) is 15.0 Å². The Hall–Kier alpha value is -0.950. The smallest absolute Gasteiger partial charge is 0.231 e. The molecule has 116 valence electrons. The number of halogens is 1. The summed E-state index contributed by atoms with van der Waals surface area (Å²) < 4.78 is 6.87. The van der Waals surface area contributed by atoms with Gasteiger partial charge >= 0.3 is 0 Å². The molecule has 0 spiro atoms. The fraction of sp³-hybridized carbons (Fsp3) is 0.529. The average molecular weight is 409 g/mol. The van der Waals surface area contributed by atoms with E-state index in [1.54, 1.807) is 0 Å². The minimum absolute atomic E-state index is 0.310. The molecule has 0 radical (unpaired) electrons. The van der Waals surface area contributed by atoms with Crippen LogP contribution in [0.4, 0.5) is 0 Å². The summed E-state index contributed by atoms with van der Waals surface area (Å²) in [7, 11) is 2.25. The first-order valence-electron chi connectivity index (χ1n) is 7.91. The van der Waals surface area contributed by atoms with E-state index in [2.05, 4.69) is 68.9 Å². The minimum atomic E-state index is 0.310. The number of nitrogens with zero attached hydrogens (tertiary/aromatic N) is 3. The van der Waals surface area contributed by atoms with Crippen LogP contribution in [0.3, 0.4) is 0 Å². The van der Waals surface area contributed by atoms with Gasteiger partial charge in [-0.3, -0.25) is 4.90 Å². The standard InChI is InChI=1S/C17H20IN3O/c1-10-19-17(22-20-10)16-14(11-3-5-12(18)6-4-11)9-13-7-8-15(16)21(13)2/h3-6,13-16H,7-9H2,1-2H3/t13-,14-,15+,16+/m0/s1. The lowest BCUT2D eigenvalue weighted by molar-refractivity contribution is 0.120. The highest BCUT2D eigenvalue weighted by Crippen LogP contribution is 2.50. The Morgan fingerprint density at radius 1 is 1.23 bits per heavy atom. The third kappa shape index (κ3) is 2.38. The van der Waals surface area contributed by atoms with Crippen LogP contribution in [0.25, 0.3) is 0 Å². The predicted octanol–water partition coefficient (Wildman–Crippen LogP) is 3.72. The summed E-state index contributed by atoms with van der Waals surface area (Å²) in [4.78, 5) is 7.11. The molecule has 2 bridgehead atoms. The molecule has 2 aliphatic heterocycles. The first kappa shape index (κ1) is 14.6. The molecule has 2 fully saturated rings. The zero-order chi connectivity index (χ0) is 15.3. The molecule has 0 saturated carbocycles. The van der Waals surface area contributed by atoms with E-state index in [0.29, 0.717) is 23.9 Å². The van der Waals surface area contributed by atoms with E-state index < -0.39 is 0 Å². The Morgan fingerprint density at radius 3 is 2.68 bits per heavy atom. The zero-order valence-corrected chi connectivity index (χ0v) is 15.0. The molecule has 0 N–H and O–H groups in total. The van der Waals surface area contributed by atoms with Gasteiger partial charge in [0.05, 0.1) is 5.92 Å². The topological polar surface area (TPSA) is 42.2 Å². The van der Waals surface area contributed by atoms with Crippen molar-refractivity contribution in [2.75, 3.05) is 7.05 Å². The second kappa shape index (κ2) is 5.60. The van der Waals surface area contributed by atoms with Crippen LogP contribution in [0.15, 0.2) is 28.8 Å². The molecule has 4 atom stereocenters. The Morgan fingerprint density at radius 2 is 2.00 bits per heavy atom. The molecule has 1 aromatic carbocycles. The molecule has 0 amide bonds. The van der Waals surface area contributed by atoms with Gasteiger partial charge in [-0.1, -0.05) is 17.3 Å². The van der Waals surface area contributed by atoms with Crippen LogP contribution < -0.4 is 0 Å². The van der Waals surface area contributed by atoms with Gasteiger partial charge < -0.3 is 4.52 Å². The van der Waals surface area contributed by atoms with Crippen LogP contribution in [0, 0.1) is 10.5 Å². The first-order valence-corrected chi connectivity index (χ1v) is 8.99. The number of piperidine rings is 1. The van der Waals surface area contributed by atoms with Gasteiger partial charge in [0, 0.05) is 15.7 Å². The summed E-state index contributed by atoms with van der Waals surface area (Å²) in [6.07, 6.45) is 3.69. The van der Waals surface area contributed by atoms with Gasteiger partial charge in [-0.2, -0.15) is 4.98 Å². The van der Waals surface area contributed by atoms with Gasteiger partial charge in [0.15, 0.2) is 5.82 Å². The van der Waals surface area contributed by atoms with E-state index in [0.717, 1.165) is 11.7 Å². The van der Waals surface area contributed by atoms with Gasteiger partial charge in [0.1, 0.15) is 0 Å². The minimum Gasteiger partial charge on any atom is -0.339 e. The second-order valence-electron chi connectivity index (χ2n) is 6.56. The van der Waals surface area contributed by atoms with Crippen LogP contribution in [-0.4, -0.2) is 34.2 Å². The third-order valence-electron chi connectivity index (χ3n) is 5.40. The molecule has 2 aromatic rings. The van der Waals surface area contributed by atoms with Crippen molar-refractivity contribution in [2.45, 2.75) is 50.1 Å². The third-order valence-corrected chi connectivity index (χ3v) is 6.11. The van der Waals surface area contributed by atoms with Gasteiger partial charge in [-0.25, -0.2) is 0 Å². The van der Waals surface area contributed by atoms with E-state index in [9.17, 15) is 0 Å². The zero-order valence-electron chi connectivity index (χ0n) is 12.9. The van der Waals surface area contributed by atoms with E-state index in [-0.39, 0.29) is 0 Å². The number of rotatable bonds is 2. The fourth-order valence-corrected chi connectivity index (χ4v) is 4.66. The summed E-state index contributed by atoms with van der Waals surface area (Å²) in [6, 6.07) is 10.1. The fourth-order valence-electron chi connectivity index (χ4n) is 4.30. The monoisotopic (exact) mass is 409 g/mol. The van der Waals surface area contributed by atoms with E-state index in [1.165, 1.54) is 28.4 Å². The average Bonchev–Trinajstić information content (AvgIpc) is 3.02. The van der Waals surface area contributed by atoms with Gasteiger partial charge in [-0.15, -0.1) is 0 Å². The predicted molar refractivity (Wildman–Crippen MR) is 92.9 cm³/mol. The lowest BCUT2D eigenvalue weighted by Gasteiger charge is -2.41. The molecular formula is C17H20IN3O. The maximum Gasteiger partial charge on any atom is 0.231 e. The molecule has 0 unspecified atom stereocenters. The van der Waals surface area contributed by atoms with Gasteiger partial charge in [0.2, 0.25) is 5.89 Å². The van der Waals surface area contributed by atoms with Crippen molar-refractivity contribution in [1.29, 1.82) is 0 Å².